The molecule has 0 aliphatic heterocycles. The predicted molar refractivity (Wildman–Crippen MR) is 84.5 cm³/mol. The minimum absolute atomic E-state index is 0.0814. The first kappa shape index (κ1) is 18.8. The van der Waals surface area contributed by atoms with Crippen molar-refractivity contribution in [2.45, 2.75) is 26.6 Å². The molecular weight excluding hydrogens is 337 g/mol. The molecule has 0 radical (unpaired) electrons. The van der Waals surface area contributed by atoms with Crippen molar-refractivity contribution in [1.82, 2.24) is 19.9 Å². The summed E-state index contributed by atoms with van der Waals surface area (Å²) in [5.74, 6) is -1.51. The lowest BCUT2D eigenvalue weighted by atomic mass is 10.1. The molecule has 0 aliphatic carbocycles. The molecule has 1 aromatic heterocycles. The van der Waals surface area contributed by atoms with Crippen LogP contribution in [0.25, 0.3) is 11.4 Å². The highest BCUT2D eigenvalue weighted by Gasteiger charge is 2.38. The number of carbonyl (C=O) groups excluding carboxylic acids is 1. The monoisotopic (exact) mass is 356 g/mol. The van der Waals surface area contributed by atoms with Crippen molar-refractivity contribution in [3.05, 3.63) is 35.7 Å². The number of aromatic nitrogens is 2. The maximum atomic E-state index is 12.5. The average Bonchev–Trinajstić information content (AvgIpc) is 3.07. The summed E-state index contributed by atoms with van der Waals surface area (Å²) >= 11 is 0. The van der Waals surface area contributed by atoms with Crippen LogP contribution < -0.4 is 0 Å². The fourth-order valence-corrected chi connectivity index (χ4v) is 2.29. The second-order valence-corrected chi connectivity index (χ2v) is 5.43. The molecule has 2 aromatic rings. The van der Waals surface area contributed by atoms with E-state index in [-0.39, 0.29) is 11.9 Å². The molecule has 0 saturated heterocycles. The number of amides is 2. The largest absolute Gasteiger partial charge is 0.471 e. The van der Waals surface area contributed by atoms with Crippen LogP contribution in [0.15, 0.2) is 28.8 Å². The lowest BCUT2D eigenvalue weighted by molar-refractivity contribution is -0.159. The van der Waals surface area contributed by atoms with Gasteiger partial charge in [-0.2, -0.15) is 18.2 Å². The molecule has 2 amide bonds. The van der Waals surface area contributed by atoms with Crippen LogP contribution in [0.4, 0.5) is 18.0 Å². The first-order valence-electron chi connectivity index (χ1n) is 7.76. The Hall–Kier alpha value is -2.58. The van der Waals surface area contributed by atoms with Crippen LogP contribution in [0.3, 0.4) is 0 Å². The maximum absolute atomic E-state index is 12.5. The summed E-state index contributed by atoms with van der Waals surface area (Å²) in [6, 6.07) is 6.53. The van der Waals surface area contributed by atoms with E-state index in [4.69, 9.17) is 0 Å². The van der Waals surface area contributed by atoms with Gasteiger partial charge in [-0.3, -0.25) is 0 Å². The van der Waals surface area contributed by atoms with Crippen molar-refractivity contribution in [1.29, 1.82) is 0 Å². The van der Waals surface area contributed by atoms with Gasteiger partial charge < -0.3 is 14.3 Å². The lowest BCUT2D eigenvalue weighted by Gasteiger charge is -2.26. The number of urea groups is 1. The molecule has 9 heteroatoms. The highest BCUT2D eigenvalue weighted by Crippen LogP contribution is 2.29. The van der Waals surface area contributed by atoms with Crippen molar-refractivity contribution in [3.8, 4) is 11.4 Å². The number of benzene rings is 1. The quantitative estimate of drug-likeness (QED) is 0.820. The summed E-state index contributed by atoms with van der Waals surface area (Å²) in [6.07, 6.45) is -4.67. The number of hydrogen-bond donors (Lipinski definition) is 0. The molecule has 0 aliphatic rings. The molecule has 0 saturated carbocycles. The van der Waals surface area contributed by atoms with Crippen molar-refractivity contribution in [2.24, 2.45) is 0 Å². The molecule has 25 heavy (non-hydrogen) atoms. The average molecular weight is 356 g/mol. The standard InChI is InChI=1S/C16H19F3N4O2/c1-4-23(5-2)15(24)22(3)10-11-6-8-12(9-7-11)13-20-14(25-21-13)16(17,18)19/h6-9H,4-5,10H2,1-3H3. The van der Waals surface area contributed by atoms with Crippen molar-refractivity contribution in [3.63, 3.8) is 0 Å². The van der Waals surface area contributed by atoms with E-state index in [1.54, 1.807) is 41.1 Å². The Bertz CT molecular complexity index is 709. The van der Waals surface area contributed by atoms with Gasteiger partial charge in [0.25, 0.3) is 0 Å². The van der Waals surface area contributed by atoms with Crippen LogP contribution in [0.2, 0.25) is 0 Å². The number of alkyl halides is 3. The summed E-state index contributed by atoms with van der Waals surface area (Å²) in [4.78, 5) is 18.8. The Balaban J connectivity index is 2.07. The van der Waals surface area contributed by atoms with Gasteiger partial charge in [-0.25, -0.2) is 4.79 Å². The van der Waals surface area contributed by atoms with E-state index in [0.29, 0.717) is 25.2 Å². The van der Waals surface area contributed by atoms with Crippen molar-refractivity contribution < 1.29 is 22.5 Å². The first-order valence-corrected chi connectivity index (χ1v) is 7.76. The highest BCUT2D eigenvalue weighted by molar-refractivity contribution is 5.74. The molecule has 0 N–H and O–H groups in total. The maximum Gasteiger partial charge on any atom is 0.471 e. The fraction of sp³-hybridized carbons (Fsp3) is 0.438. The van der Waals surface area contributed by atoms with Gasteiger partial charge in [-0.1, -0.05) is 29.4 Å². The van der Waals surface area contributed by atoms with Gasteiger partial charge in [0, 0.05) is 32.2 Å². The summed E-state index contributed by atoms with van der Waals surface area (Å²) in [5.41, 5.74) is 1.24. The Labute approximate surface area is 143 Å². The van der Waals surface area contributed by atoms with E-state index in [9.17, 15) is 18.0 Å². The van der Waals surface area contributed by atoms with E-state index in [2.05, 4.69) is 14.7 Å². The third kappa shape index (κ3) is 4.49. The second-order valence-electron chi connectivity index (χ2n) is 5.43. The van der Waals surface area contributed by atoms with Crippen LogP contribution in [-0.2, 0) is 12.7 Å². The molecule has 136 valence electrons. The number of halogens is 3. The Kier molecular flexibility index (Phi) is 5.66. The zero-order valence-corrected chi connectivity index (χ0v) is 14.2. The van der Waals surface area contributed by atoms with E-state index in [1.165, 1.54) is 0 Å². The van der Waals surface area contributed by atoms with Gasteiger partial charge in [0.15, 0.2) is 0 Å². The molecule has 6 nitrogen and oxygen atoms in total. The van der Waals surface area contributed by atoms with Crippen LogP contribution in [0.1, 0.15) is 25.3 Å². The second kappa shape index (κ2) is 7.54. The minimum Gasteiger partial charge on any atom is -0.329 e. The zero-order chi connectivity index (χ0) is 18.6. The summed E-state index contributed by atoms with van der Waals surface area (Å²) in [6.45, 7) is 5.44. The SMILES string of the molecule is CCN(CC)C(=O)N(C)Cc1ccc(-c2noc(C(F)(F)F)n2)cc1. The van der Waals surface area contributed by atoms with Gasteiger partial charge >= 0.3 is 18.1 Å². The third-order valence-electron chi connectivity index (χ3n) is 3.66. The van der Waals surface area contributed by atoms with Crippen LogP contribution in [0.5, 0.6) is 0 Å². The number of hydrogen-bond acceptors (Lipinski definition) is 4. The molecular formula is C16H19F3N4O2. The van der Waals surface area contributed by atoms with Crippen LogP contribution >= 0.6 is 0 Å². The van der Waals surface area contributed by atoms with Gasteiger partial charge in [-0.15, -0.1) is 0 Å². The van der Waals surface area contributed by atoms with E-state index >= 15 is 0 Å². The topological polar surface area (TPSA) is 62.5 Å². The molecule has 1 heterocycles. The molecule has 0 bridgehead atoms. The molecule has 1 aromatic carbocycles. The summed E-state index contributed by atoms with van der Waals surface area (Å²) in [5, 5.41) is 3.34. The normalized spacial score (nSPS) is 11.4. The third-order valence-corrected chi connectivity index (χ3v) is 3.66. The number of carbonyl (C=O) groups is 1. The first-order chi connectivity index (χ1) is 11.8. The van der Waals surface area contributed by atoms with Crippen LogP contribution in [-0.4, -0.2) is 46.1 Å². The van der Waals surface area contributed by atoms with Gasteiger partial charge in [-0.05, 0) is 19.4 Å². The smallest absolute Gasteiger partial charge is 0.329 e. The van der Waals surface area contributed by atoms with E-state index in [0.717, 1.165) is 5.56 Å². The van der Waals surface area contributed by atoms with E-state index < -0.39 is 12.1 Å². The Morgan fingerprint density at radius 1 is 1.16 bits per heavy atom. The van der Waals surface area contributed by atoms with Gasteiger partial charge in [0.05, 0.1) is 0 Å². The van der Waals surface area contributed by atoms with Crippen molar-refractivity contribution >= 4 is 6.03 Å². The summed E-state index contributed by atoms with van der Waals surface area (Å²) < 4.78 is 41.7. The Morgan fingerprint density at radius 3 is 2.24 bits per heavy atom. The minimum atomic E-state index is -4.67. The zero-order valence-electron chi connectivity index (χ0n) is 14.2. The molecule has 0 fully saturated rings. The Morgan fingerprint density at radius 2 is 1.76 bits per heavy atom. The van der Waals surface area contributed by atoms with Crippen molar-refractivity contribution in [2.75, 3.05) is 20.1 Å². The molecule has 0 unspecified atom stereocenters. The summed E-state index contributed by atoms with van der Waals surface area (Å²) in [7, 11) is 1.70. The fourth-order valence-electron chi connectivity index (χ4n) is 2.29. The predicted octanol–water partition coefficient (Wildman–Crippen LogP) is 3.65. The molecule has 0 spiro atoms. The van der Waals surface area contributed by atoms with Gasteiger partial charge in [0.2, 0.25) is 5.82 Å². The van der Waals surface area contributed by atoms with Gasteiger partial charge in [0.1, 0.15) is 0 Å². The molecule has 0 atom stereocenters. The number of rotatable bonds is 5. The lowest BCUT2D eigenvalue weighted by Crippen LogP contribution is -2.40. The molecule has 2 rings (SSSR count). The van der Waals surface area contributed by atoms with Crippen LogP contribution in [0, 0.1) is 0 Å². The number of nitrogens with zero attached hydrogens (tertiary/aromatic N) is 4. The van der Waals surface area contributed by atoms with E-state index in [1.807, 2.05) is 13.8 Å². The highest BCUT2D eigenvalue weighted by atomic mass is 19.4.